The zero-order valence-electron chi connectivity index (χ0n) is 13.9. The van der Waals surface area contributed by atoms with Gasteiger partial charge in [-0.25, -0.2) is 4.79 Å². The monoisotopic (exact) mass is 336 g/mol. The third-order valence-electron chi connectivity index (χ3n) is 4.82. The highest BCUT2D eigenvalue weighted by atomic mass is 16.2. The predicted octanol–water partition coefficient (Wildman–Crippen LogP) is 2.30. The Bertz CT molecular complexity index is 768. The highest BCUT2D eigenvalue weighted by Crippen LogP contribution is 2.23. The summed E-state index contributed by atoms with van der Waals surface area (Å²) in [7, 11) is 0. The molecular formula is C19H20N4O2. The van der Waals surface area contributed by atoms with Crippen LogP contribution in [0.4, 0.5) is 10.5 Å². The number of fused-ring (bicyclic) bond motifs is 1. The third-order valence-corrected chi connectivity index (χ3v) is 4.82. The van der Waals surface area contributed by atoms with Crippen LogP contribution in [-0.4, -0.2) is 34.4 Å². The number of aromatic nitrogens is 1. The van der Waals surface area contributed by atoms with E-state index in [-0.39, 0.29) is 11.9 Å². The fourth-order valence-corrected chi connectivity index (χ4v) is 3.50. The zero-order chi connectivity index (χ0) is 17.2. The first-order chi connectivity index (χ1) is 12.2. The minimum atomic E-state index is -0.481. The van der Waals surface area contributed by atoms with Gasteiger partial charge in [0.25, 0.3) is 0 Å². The van der Waals surface area contributed by atoms with E-state index in [1.54, 1.807) is 22.2 Å². The summed E-state index contributed by atoms with van der Waals surface area (Å²) in [6, 6.07) is 11.1. The molecule has 2 aliphatic rings. The molecule has 6 heteroatoms. The van der Waals surface area contributed by atoms with E-state index in [1.807, 2.05) is 36.4 Å². The predicted molar refractivity (Wildman–Crippen MR) is 93.8 cm³/mol. The smallest absolute Gasteiger partial charge is 0.318 e. The van der Waals surface area contributed by atoms with Gasteiger partial charge in [0.15, 0.2) is 0 Å². The zero-order valence-corrected chi connectivity index (χ0v) is 13.9. The fraction of sp³-hybridized carbons (Fsp3) is 0.316. The standard InChI is InChI=1S/C19H20N4O2/c24-18-17(8-4-10-23(18)16-7-3-9-20-11-16)21-19(25)22-12-14-5-1-2-6-15(14)13-22/h1-3,5-7,9,11,17H,4,8,10,12-13H2,(H,21,25). The number of nitrogens with one attached hydrogen (secondary N) is 1. The Kier molecular flexibility index (Phi) is 4.09. The van der Waals surface area contributed by atoms with Crippen LogP contribution in [0.1, 0.15) is 24.0 Å². The molecule has 1 saturated heterocycles. The second-order valence-electron chi connectivity index (χ2n) is 6.47. The molecule has 0 spiro atoms. The van der Waals surface area contributed by atoms with E-state index in [1.165, 1.54) is 11.1 Å². The number of nitrogens with zero attached hydrogens (tertiary/aromatic N) is 3. The average Bonchev–Trinajstić information content (AvgIpc) is 3.08. The molecule has 3 heterocycles. The lowest BCUT2D eigenvalue weighted by Crippen LogP contribution is -2.54. The summed E-state index contributed by atoms with van der Waals surface area (Å²) in [5, 5.41) is 2.92. The average molecular weight is 336 g/mol. The molecule has 1 atom stereocenters. The van der Waals surface area contributed by atoms with Crippen molar-refractivity contribution < 1.29 is 9.59 Å². The summed E-state index contributed by atoms with van der Waals surface area (Å²) in [5.74, 6) is -0.0655. The molecule has 4 rings (SSSR count). The summed E-state index contributed by atoms with van der Waals surface area (Å²) in [6.45, 7) is 1.84. The van der Waals surface area contributed by atoms with Gasteiger partial charge in [-0.1, -0.05) is 24.3 Å². The van der Waals surface area contributed by atoms with E-state index in [0.29, 0.717) is 26.1 Å². The lowest BCUT2D eigenvalue weighted by molar-refractivity contribution is -0.121. The number of urea groups is 1. The van der Waals surface area contributed by atoms with Crippen molar-refractivity contribution in [2.75, 3.05) is 11.4 Å². The number of piperidine rings is 1. The molecule has 3 amide bonds. The van der Waals surface area contributed by atoms with Gasteiger partial charge in [-0.05, 0) is 36.1 Å². The van der Waals surface area contributed by atoms with Gasteiger partial charge in [-0.2, -0.15) is 0 Å². The number of hydrogen-bond acceptors (Lipinski definition) is 3. The van der Waals surface area contributed by atoms with Crippen molar-refractivity contribution in [2.45, 2.75) is 32.0 Å². The maximum Gasteiger partial charge on any atom is 0.318 e. The van der Waals surface area contributed by atoms with Gasteiger partial charge in [-0.3, -0.25) is 9.78 Å². The highest BCUT2D eigenvalue weighted by molar-refractivity contribution is 5.99. The van der Waals surface area contributed by atoms with Crippen LogP contribution in [0.5, 0.6) is 0 Å². The molecule has 1 aromatic carbocycles. The molecule has 1 fully saturated rings. The van der Waals surface area contributed by atoms with Gasteiger partial charge in [-0.15, -0.1) is 0 Å². The second kappa shape index (κ2) is 6.55. The molecule has 6 nitrogen and oxygen atoms in total. The molecule has 128 valence electrons. The van der Waals surface area contributed by atoms with E-state index < -0.39 is 6.04 Å². The maximum atomic E-state index is 12.8. The largest absolute Gasteiger partial charge is 0.326 e. The third kappa shape index (κ3) is 3.07. The lowest BCUT2D eigenvalue weighted by atomic mass is 10.0. The van der Waals surface area contributed by atoms with Crippen LogP contribution in [0.15, 0.2) is 48.8 Å². The summed E-state index contributed by atoms with van der Waals surface area (Å²) in [6.07, 6.45) is 4.88. The molecular weight excluding hydrogens is 316 g/mol. The number of rotatable bonds is 2. The van der Waals surface area contributed by atoms with Crippen molar-refractivity contribution in [1.29, 1.82) is 0 Å². The quantitative estimate of drug-likeness (QED) is 0.915. The second-order valence-corrected chi connectivity index (χ2v) is 6.47. The van der Waals surface area contributed by atoms with Crippen molar-refractivity contribution in [3.63, 3.8) is 0 Å². The Morgan fingerprint density at radius 2 is 1.88 bits per heavy atom. The number of carbonyl (C=O) groups is 2. The van der Waals surface area contributed by atoms with Crippen molar-refractivity contribution in [3.8, 4) is 0 Å². The summed E-state index contributed by atoms with van der Waals surface area (Å²) >= 11 is 0. The normalized spacial score (nSPS) is 19.7. The minimum Gasteiger partial charge on any atom is -0.326 e. The Labute approximate surface area is 146 Å². The van der Waals surface area contributed by atoms with Crippen LogP contribution in [0.25, 0.3) is 0 Å². The number of amides is 3. The molecule has 0 aliphatic carbocycles. The summed E-state index contributed by atoms with van der Waals surface area (Å²) in [5.41, 5.74) is 3.12. The molecule has 2 aromatic rings. The topological polar surface area (TPSA) is 65.5 Å². The number of hydrogen-bond donors (Lipinski definition) is 1. The van der Waals surface area contributed by atoms with Crippen LogP contribution in [-0.2, 0) is 17.9 Å². The minimum absolute atomic E-state index is 0.0655. The van der Waals surface area contributed by atoms with Gasteiger partial charge in [0, 0.05) is 25.8 Å². The molecule has 0 radical (unpaired) electrons. The van der Waals surface area contributed by atoms with Crippen molar-refractivity contribution >= 4 is 17.6 Å². The van der Waals surface area contributed by atoms with Crippen LogP contribution in [0, 0.1) is 0 Å². The Morgan fingerprint density at radius 3 is 2.56 bits per heavy atom. The lowest BCUT2D eigenvalue weighted by Gasteiger charge is -2.33. The van der Waals surface area contributed by atoms with E-state index in [9.17, 15) is 9.59 Å². The number of carbonyl (C=O) groups excluding carboxylic acids is 2. The molecule has 0 saturated carbocycles. The van der Waals surface area contributed by atoms with Crippen molar-refractivity contribution in [1.82, 2.24) is 15.2 Å². The number of pyridine rings is 1. The molecule has 25 heavy (non-hydrogen) atoms. The van der Waals surface area contributed by atoms with Crippen LogP contribution < -0.4 is 10.2 Å². The molecule has 2 aliphatic heterocycles. The van der Waals surface area contributed by atoms with Gasteiger partial charge in [0.2, 0.25) is 5.91 Å². The Morgan fingerprint density at radius 1 is 1.12 bits per heavy atom. The van der Waals surface area contributed by atoms with E-state index in [4.69, 9.17) is 0 Å². The van der Waals surface area contributed by atoms with Gasteiger partial charge < -0.3 is 15.1 Å². The summed E-state index contributed by atoms with van der Waals surface area (Å²) in [4.78, 5) is 32.9. The van der Waals surface area contributed by atoms with Gasteiger partial charge in [0.05, 0.1) is 11.9 Å². The molecule has 1 N–H and O–H groups in total. The van der Waals surface area contributed by atoms with Gasteiger partial charge >= 0.3 is 6.03 Å². The molecule has 1 aromatic heterocycles. The maximum absolute atomic E-state index is 12.8. The highest BCUT2D eigenvalue weighted by Gasteiger charge is 2.33. The van der Waals surface area contributed by atoms with Gasteiger partial charge in [0.1, 0.15) is 6.04 Å². The van der Waals surface area contributed by atoms with Crippen molar-refractivity contribution in [3.05, 3.63) is 59.9 Å². The Balaban J connectivity index is 1.42. The SMILES string of the molecule is O=C(NC1CCCN(c2cccnc2)C1=O)N1Cc2ccccc2C1. The first-order valence-corrected chi connectivity index (χ1v) is 8.56. The molecule has 1 unspecified atom stereocenters. The van der Waals surface area contributed by atoms with E-state index in [2.05, 4.69) is 10.3 Å². The van der Waals surface area contributed by atoms with Crippen LogP contribution in [0.2, 0.25) is 0 Å². The Hall–Kier alpha value is -2.89. The first-order valence-electron chi connectivity index (χ1n) is 8.56. The fourth-order valence-electron chi connectivity index (χ4n) is 3.50. The van der Waals surface area contributed by atoms with Crippen molar-refractivity contribution in [2.24, 2.45) is 0 Å². The van der Waals surface area contributed by atoms with E-state index >= 15 is 0 Å². The summed E-state index contributed by atoms with van der Waals surface area (Å²) < 4.78 is 0. The molecule has 0 bridgehead atoms. The number of benzene rings is 1. The van der Waals surface area contributed by atoms with E-state index in [0.717, 1.165) is 12.1 Å². The van der Waals surface area contributed by atoms with Crippen LogP contribution >= 0.6 is 0 Å². The first kappa shape index (κ1) is 15.6. The number of anilines is 1. The van der Waals surface area contributed by atoms with Crippen LogP contribution in [0.3, 0.4) is 0 Å².